The van der Waals surface area contributed by atoms with E-state index in [2.05, 4.69) is 27.2 Å². The number of nitrogen functional groups attached to an aromatic ring is 2. The molecule has 1 aliphatic rings. The van der Waals surface area contributed by atoms with Crippen LogP contribution in [-0.4, -0.2) is 17.6 Å². The lowest BCUT2D eigenvalue weighted by Gasteiger charge is -2.26. The number of anilines is 3. The number of aliphatic imine (C=N–C) groups is 1. The number of nitrogens with one attached hydrogen (secondary N) is 2. The van der Waals surface area contributed by atoms with E-state index in [-0.39, 0.29) is 23.0 Å². The van der Waals surface area contributed by atoms with Crippen LogP contribution < -0.4 is 22.1 Å². The van der Waals surface area contributed by atoms with Gasteiger partial charge in [-0.15, -0.1) is 6.58 Å². The molecule has 1 aromatic carbocycles. The number of hydrogen-bond donors (Lipinski definition) is 4. The van der Waals surface area contributed by atoms with Crippen molar-refractivity contribution < 1.29 is 4.74 Å². The number of nitrogens with zero attached hydrogens (tertiary/aromatic N) is 4. The third-order valence-electron chi connectivity index (χ3n) is 4.16. The average Bonchev–Trinajstić information content (AvgIpc) is 2.68. The SMILES string of the molecule is C=CCOCc1ccc(C2N=C(NC#N)Nc3nc(N)c(C#N)c(N)c32)cc1. The van der Waals surface area contributed by atoms with Gasteiger partial charge in [0.05, 0.1) is 18.9 Å². The van der Waals surface area contributed by atoms with Gasteiger partial charge in [-0.2, -0.15) is 10.5 Å². The van der Waals surface area contributed by atoms with E-state index in [1.54, 1.807) is 6.08 Å². The van der Waals surface area contributed by atoms with Crippen LogP contribution in [0.4, 0.5) is 17.3 Å². The van der Waals surface area contributed by atoms with Crippen LogP contribution in [0.25, 0.3) is 0 Å². The summed E-state index contributed by atoms with van der Waals surface area (Å²) >= 11 is 0. The smallest absolute Gasteiger partial charge is 0.211 e. The van der Waals surface area contributed by atoms with E-state index < -0.39 is 6.04 Å². The first-order valence-electron chi connectivity index (χ1n) is 8.35. The molecule has 2 aromatic rings. The molecule has 0 saturated heterocycles. The monoisotopic (exact) mass is 374 g/mol. The minimum Gasteiger partial charge on any atom is -0.397 e. The molecule has 1 aromatic heterocycles. The summed E-state index contributed by atoms with van der Waals surface area (Å²) in [5.41, 5.74) is 14.7. The lowest BCUT2D eigenvalue weighted by atomic mass is 9.94. The van der Waals surface area contributed by atoms with E-state index in [1.165, 1.54) is 0 Å². The van der Waals surface area contributed by atoms with Gasteiger partial charge in [0.15, 0.2) is 6.19 Å². The van der Waals surface area contributed by atoms with Crippen LogP contribution in [0.15, 0.2) is 41.9 Å². The molecule has 1 aliphatic heterocycles. The maximum absolute atomic E-state index is 9.35. The Morgan fingerprint density at radius 3 is 2.68 bits per heavy atom. The highest BCUT2D eigenvalue weighted by Gasteiger charge is 2.29. The number of benzene rings is 1. The first-order chi connectivity index (χ1) is 13.6. The summed E-state index contributed by atoms with van der Waals surface area (Å²) in [6.45, 7) is 4.54. The Balaban J connectivity index is 2.03. The lowest BCUT2D eigenvalue weighted by Crippen LogP contribution is -2.32. The summed E-state index contributed by atoms with van der Waals surface area (Å²) in [4.78, 5) is 8.74. The molecular formula is C19H18N8O. The second kappa shape index (κ2) is 8.08. The normalized spacial score (nSPS) is 14.6. The number of hydrogen-bond acceptors (Lipinski definition) is 9. The van der Waals surface area contributed by atoms with Crippen LogP contribution in [0.3, 0.4) is 0 Å². The van der Waals surface area contributed by atoms with Gasteiger partial charge in [-0.05, 0) is 11.1 Å². The number of nitriles is 2. The summed E-state index contributed by atoms with van der Waals surface area (Å²) < 4.78 is 5.44. The van der Waals surface area contributed by atoms with Crippen molar-refractivity contribution in [3.63, 3.8) is 0 Å². The van der Waals surface area contributed by atoms with Gasteiger partial charge in [0.2, 0.25) is 5.96 Å². The van der Waals surface area contributed by atoms with Crippen LogP contribution >= 0.6 is 0 Å². The molecule has 6 N–H and O–H groups in total. The van der Waals surface area contributed by atoms with Gasteiger partial charge in [-0.3, -0.25) is 5.32 Å². The van der Waals surface area contributed by atoms with Crippen LogP contribution in [0.1, 0.15) is 28.3 Å². The molecule has 0 fully saturated rings. The highest BCUT2D eigenvalue weighted by Crippen LogP contribution is 2.40. The van der Waals surface area contributed by atoms with Crippen LogP contribution in [-0.2, 0) is 11.3 Å². The van der Waals surface area contributed by atoms with Crippen LogP contribution in [0.2, 0.25) is 0 Å². The van der Waals surface area contributed by atoms with Gasteiger partial charge in [-0.25, -0.2) is 9.98 Å². The largest absolute Gasteiger partial charge is 0.397 e. The van der Waals surface area contributed by atoms with E-state index in [1.807, 2.05) is 36.5 Å². The number of fused-ring (bicyclic) bond motifs is 1. The molecule has 0 saturated carbocycles. The number of aromatic nitrogens is 1. The van der Waals surface area contributed by atoms with Crippen LogP contribution in [0, 0.1) is 22.8 Å². The summed E-state index contributed by atoms with van der Waals surface area (Å²) in [6.07, 6.45) is 3.51. The molecule has 9 nitrogen and oxygen atoms in total. The summed E-state index contributed by atoms with van der Waals surface area (Å²) in [6, 6.07) is 9.03. The molecule has 2 heterocycles. The van der Waals surface area contributed by atoms with Crippen molar-refractivity contribution in [3.05, 3.63) is 59.2 Å². The zero-order chi connectivity index (χ0) is 20.1. The lowest BCUT2D eigenvalue weighted by molar-refractivity contribution is 0.149. The molecule has 3 rings (SSSR count). The molecule has 0 bridgehead atoms. The zero-order valence-corrected chi connectivity index (χ0v) is 14.9. The van der Waals surface area contributed by atoms with Gasteiger partial charge in [0, 0.05) is 5.56 Å². The van der Waals surface area contributed by atoms with Crippen molar-refractivity contribution in [2.45, 2.75) is 12.6 Å². The predicted molar refractivity (Wildman–Crippen MR) is 106 cm³/mol. The fraction of sp³-hybridized carbons (Fsp3) is 0.158. The highest BCUT2D eigenvalue weighted by atomic mass is 16.5. The molecule has 1 atom stereocenters. The van der Waals surface area contributed by atoms with E-state index >= 15 is 0 Å². The molecule has 140 valence electrons. The number of pyridine rings is 1. The van der Waals surface area contributed by atoms with E-state index in [0.29, 0.717) is 24.6 Å². The zero-order valence-electron chi connectivity index (χ0n) is 14.9. The Labute approximate surface area is 162 Å². The van der Waals surface area contributed by atoms with Gasteiger partial charge in [-0.1, -0.05) is 30.3 Å². The number of guanidine groups is 1. The van der Waals surface area contributed by atoms with Crippen molar-refractivity contribution in [2.75, 3.05) is 23.4 Å². The van der Waals surface area contributed by atoms with E-state index in [4.69, 9.17) is 21.5 Å². The Morgan fingerprint density at radius 2 is 2.04 bits per heavy atom. The maximum Gasteiger partial charge on any atom is 0.211 e. The molecule has 28 heavy (non-hydrogen) atoms. The molecule has 0 aliphatic carbocycles. The van der Waals surface area contributed by atoms with E-state index in [9.17, 15) is 5.26 Å². The number of rotatable bonds is 5. The quantitative estimate of drug-likeness (QED) is 0.267. The minimum absolute atomic E-state index is 0.0120. The molecule has 1 unspecified atom stereocenters. The summed E-state index contributed by atoms with van der Waals surface area (Å²) in [7, 11) is 0. The third kappa shape index (κ3) is 3.56. The summed E-state index contributed by atoms with van der Waals surface area (Å²) in [5, 5.41) is 23.6. The number of nitrogens with two attached hydrogens (primary N) is 2. The Morgan fingerprint density at radius 1 is 1.29 bits per heavy atom. The third-order valence-corrected chi connectivity index (χ3v) is 4.16. The van der Waals surface area contributed by atoms with Gasteiger partial charge >= 0.3 is 0 Å². The van der Waals surface area contributed by atoms with Crippen molar-refractivity contribution in [1.29, 1.82) is 10.5 Å². The van der Waals surface area contributed by atoms with Gasteiger partial charge < -0.3 is 21.5 Å². The Bertz CT molecular complexity index is 1010. The Kier molecular flexibility index (Phi) is 5.40. The van der Waals surface area contributed by atoms with Crippen molar-refractivity contribution >= 4 is 23.3 Å². The second-order valence-electron chi connectivity index (χ2n) is 5.95. The topological polar surface area (TPSA) is 158 Å². The minimum atomic E-state index is -0.560. The highest BCUT2D eigenvalue weighted by molar-refractivity contribution is 5.98. The first kappa shape index (κ1) is 18.7. The Hall–Kier alpha value is -4.08. The fourth-order valence-electron chi connectivity index (χ4n) is 2.88. The molecule has 0 radical (unpaired) electrons. The standard InChI is InChI=1S/C19H18N8O/c1-2-7-28-9-11-3-5-12(6-4-11)16-14-15(22)13(8-20)17(23)26-18(14)27-19(25-16)24-10-21/h2-6,16H,1,7,9H2,(H6,22,23,24,25,26,27). The fourth-order valence-corrected chi connectivity index (χ4v) is 2.88. The summed E-state index contributed by atoms with van der Waals surface area (Å²) in [5.74, 6) is 0.581. The molecule has 0 amide bonds. The molecule has 0 spiro atoms. The average molecular weight is 374 g/mol. The van der Waals surface area contributed by atoms with Crippen molar-refractivity contribution in [1.82, 2.24) is 10.3 Å². The maximum atomic E-state index is 9.35. The van der Waals surface area contributed by atoms with Crippen molar-refractivity contribution in [2.24, 2.45) is 4.99 Å². The van der Waals surface area contributed by atoms with Crippen LogP contribution in [0.5, 0.6) is 0 Å². The first-order valence-corrected chi connectivity index (χ1v) is 8.35. The predicted octanol–water partition coefficient (Wildman–Crippen LogP) is 1.76. The van der Waals surface area contributed by atoms with Gasteiger partial charge in [0.1, 0.15) is 29.3 Å². The van der Waals surface area contributed by atoms with Gasteiger partial charge in [0.25, 0.3) is 0 Å². The molecular weight excluding hydrogens is 356 g/mol. The number of ether oxygens (including phenoxy) is 1. The molecule has 9 heteroatoms. The van der Waals surface area contributed by atoms with Crippen molar-refractivity contribution in [3.8, 4) is 12.3 Å². The second-order valence-corrected chi connectivity index (χ2v) is 5.95. The van der Waals surface area contributed by atoms with E-state index in [0.717, 1.165) is 11.1 Å².